The molecule has 0 unspecified atom stereocenters. The molecule has 0 aliphatic rings. The number of aromatic nitrogens is 3. The first-order chi connectivity index (χ1) is 13.8. The second kappa shape index (κ2) is 10.6. The maximum atomic E-state index is 12.4. The average Bonchev–Trinajstić information content (AvgIpc) is 3.05. The summed E-state index contributed by atoms with van der Waals surface area (Å²) < 4.78 is 1.91. The Balaban J connectivity index is 1.99. The van der Waals surface area contributed by atoms with Crippen molar-refractivity contribution in [3.63, 3.8) is 0 Å². The average molecular weight is 419 g/mol. The maximum Gasteiger partial charge on any atom is 0.269 e. The third-order valence-electron chi connectivity index (χ3n) is 3.92. The molecule has 0 radical (unpaired) electrons. The van der Waals surface area contributed by atoms with Gasteiger partial charge in [0.25, 0.3) is 11.8 Å². The second-order valence-electron chi connectivity index (χ2n) is 6.94. The van der Waals surface area contributed by atoms with Gasteiger partial charge in [0.2, 0.25) is 5.91 Å². The number of nitrogens with two attached hydrogens (primary N) is 1. The highest BCUT2D eigenvalue weighted by molar-refractivity contribution is 8.00. The molecule has 0 saturated heterocycles. The quantitative estimate of drug-likeness (QED) is 0.415. The highest BCUT2D eigenvalue weighted by Gasteiger charge is 2.21. The molecule has 10 heteroatoms. The van der Waals surface area contributed by atoms with Gasteiger partial charge in [-0.3, -0.25) is 25.2 Å². The number of nitrogens with zero attached hydrogens (tertiary/aromatic N) is 3. The number of carbonyl (C=O) groups is 3. The molecular formula is C19H26N6O3S. The van der Waals surface area contributed by atoms with Gasteiger partial charge < -0.3 is 10.3 Å². The summed E-state index contributed by atoms with van der Waals surface area (Å²) in [6, 6.07) is 8.60. The first-order valence-corrected chi connectivity index (χ1v) is 10.2. The standard InChI is InChI=1S/C19H26N6O3S/c1-12(2)11-25-16(10-9-15(20)26)21-24-19(25)29-13(3)17(27)22-23-18(28)14-7-5-4-6-8-14/h4-8,12-13H,9-11H2,1-3H3,(H2,20,26)(H,22,27)(H,23,28)/t13-/m1/s1. The van der Waals surface area contributed by atoms with Crippen molar-refractivity contribution < 1.29 is 14.4 Å². The Bertz CT molecular complexity index is 853. The lowest BCUT2D eigenvalue weighted by molar-refractivity contribution is -0.121. The van der Waals surface area contributed by atoms with Gasteiger partial charge in [-0.05, 0) is 25.0 Å². The summed E-state index contributed by atoms with van der Waals surface area (Å²) >= 11 is 1.23. The predicted molar refractivity (Wildman–Crippen MR) is 110 cm³/mol. The van der Waals surface area contributed by atoms with E-state index >= 15 is 0 Å². The molecule has 0 aliphatic heterocycles. The van der Waals surface area contributed by atoms with Crippen molar-refractivity contribution >= 4 is 29.5 Å². The largest absolute Gasteiger partial charge is 0.370 e. The monoisotopic (exact) mass is 418 g/mol. The van der Waals surface area contributed by atoms with Crippen molar-refractivity contribution in [2.45, 2.75) is 50.6 Å². The Kier molecular flexibility index (Phi) is 8.20. The van der Waals surface area contributed by atoms with Crippen molar-refractivity contribution in [3.05, 3.63) is 41.7 Å². The molecule has 0 saturated carbocycles. The van der Waals surface area contributed by atoms with E-state index in [1.54, 1.807) is 37.3 Å². The van der Waals surface area contributed by atoms with E-state index in [0.29, 0.717) is 35.4 Å². The minimum atomic E-state index is -0.523. The third kappa shape index (κ3) is 6.90. The molecule has 0 aliphatic carbocycles. The zero-order valence-electron chi connectivity index (χ0n) is 16.7. The van der Waals surface area contributed by atoms with Crippen molar-refractivity contribution in [3.8, 4) is 0 Å². The molecule has 156 valence electrons. The Labute approximate surface area is 173 Å². The zero-order valence-corrected chi connectivity index (χ0v) is 17.5. The molecule has 3 amide bonds. The Hall–Kier alpha value is -2.88. The van der Waals surface area contributed by atoms with Crippen LogP contribution in [0.25, 0.3) is 0 Å². The van der Waals surface area contributed by atoms with Crippen LogP contribution < -0.4 is 16.6 Å². The number of carbonyl (C=O) groups excluding carboxylic acids is 3. The Morgan fingerprint density at radius 3 is 2.41 bits per heavy atom. The topological polar surface area (TPSA) is 132 Å². The molecule has 2 rings (SSSR count). The molecule has 0 fully saturated rings. The van der Waals surface area contributed by atoms with Gasteiger partial charge in [-0.2, -0.15) is 0 Å². The molecule has 1 aromatic carbocycles. The molecule has 2 aromatic rings. The first-order valence-electron chi connectivity index (χ1n) is 9.30. The van der Waals surface area contributed by atoms with Gasteiger partial charge in [-0.15, -0.1) is 10.2 Å². The smallest absolute Gasteiger partial charge is 0.269 e. The van der Waals surface area contributed by atoms with Crippen molar-refractivity contribution in [2.24, 2.45) is 11.7 Å². The van der Waals surface area contributed by atoms with Crippen LogP contribution in [0.4, 0.5) is 0 Å². The first kappa shape index (κ1) is 22.4. The number of thioether (sulfide) groups is 1. The Morgan fingerprint density at radius 1 is 1.10 bits per heavy atom. The van der Waals surface area contributed by atoms with E-state index in [4.69, 9.17) is 5.73 Å². The lowest BCUT2D eigenvalue weighted by Gasteiger charge is -2.15. The number of benzene rings is 1. The minimum absolute atomic E-state index is 0.183. The van der Waals surface area contributed by atoms with E-state index in [1.807, 2.05) is 4.57 Å². The van der Waals surface area contributed by atoms with Crippen molar-refractivity contribution in [2.75, 3.05) is 0 Å². The van der Waals surface area contributed by atoms with Crippen LogP contribution in [0.1, 0.15) is 43.4 Å². The van der Waals surface area contributed by atoms with Crippen LogP contribution in [-0.2, 0) is 22.6 Å². The lowest BCUT2D eigenvalue weighted by atomic mass is 10.2. The van der Waals surface area contributed by atoms with Gasteiger partial charge >= 0.3 is 0 Å². The SMILES string of the molecule is CC(C)Cn1c(CCC(N)=O)nnc1S[C@H](C)C(=O)NNC(=O)c1ccccc1. The van der Waals surface area contributed by atoms with E-state index in [1.165, 1.54) is 11.8 Å². The van der Waals surface area contributed by atoms with E-state index in [-0.39, 0.29) is 12.3 Å². The number of hydrogen-bond acceptors (Lipinski definition) is 6. The van der Waals surface area contributed by atoms with Crippen LogP contribution in [0.3, 0.4) is 0 Å². The fourth-order valence-corrected chi connectivity index (χ4v) is 3.35. The highest BCUT2D eigenvalue weighted by atomic mass is 32.2. The summed E-state index contributed by atoms with van der Waals surface area (Å²) in [5.41, 5.74) is 10.5. The fraction of sp³-hybridized carbons (Fsp3) is 0.421. The number of primary amides is 1. The Morgan fingerprint density at radius 2 is 1.79 bits per heavy atom. The van der Waals surface area contributed by atoms with Crippen molar-refractivity contribution in [1.29, 1.82) is 0 Å². The molecule has 1 aromatic heterocycles. The van der Waals surface area contributed by atoms with Gasteiger partial charge in [0.15, 0.2) is 5.16 Å². The van der Waals surface area contributed by atoms with Gasteiger partial charge in [-0.1, -0.05) is 43.8 Å². The number of aryl methyl sites for hydroxylation is 1. The summed E-state index contributed by atoms with van der Waals surface area (Å²) in [6.45, 7) is 6.48. The summed E-state index contributed by atoms with van der Waals surface area (Å²) in [4.78, 5) is 35.5. The fourth-order valence-electron chi connectivity index (χ4n) is 2.47. The molecule has 1 heterocycles. The predicted octanol–water partition coefficient (Wildman–Crippen LogP) is 1.29. The number of amides is 3. The summed E-state index contributed by atoms with van der Waals surface area (Å²) in [6.07, 6.45) is 0.575. The van der Waals surface area contributed by atoms with E-state index in [0.717, 1.165) is 0 Å². The van der Waals surface area contributed by atoms with E-state index in [2.05, 4.69) is 34.9 Å². The van der Waals surface area contributed by atoms with E-state index < -0.39 is 17.1 Å². The summed E-state index contributed by atoms with van der Waals surface area (Å²) in [5, 5.41) is 8.38. The van der Waals surface area contributed by atoms with Gasteiger partial charge in [0.1, 0.15) is 5.82 Å². The molecule has 0 bridgehead atoms. The lowest BCUT2D eigenvalue weighted by Crippen LogP contribution is -2.45. The molecule has 0 spiro atoms. The normalized spacial score (nSPS) is 11.9. The number of hydrazine groups is 1. The second-order valence-corrected chi connectivity index (χ2v) is 8.25. The van der Waals surface area contributed by atoms with Crippen molar-refractivity contribution in [1.82, 2.24) is 25.6 Å². The number of rotatable bonds is 9. The molecular weight excluding hydrogens is 392 g/mol. The number of hydrogen-bond donors (Lipinski definition) is 3. The number of nitrogens with one attached hydrogen (secondary N) is 2. The van der Waals surface area contributed by atoms with Crippen LogP contribution in [0.15, 0.2) is 35.5 Å². The third-order valence-corrected chi connectivity index (χ3v) is 5.00. The van der Waals surface area contributed by atoms with Gasteiger partial charge in [-0.25, -0.2) is 0 Å². The molecule has 29 heavy (non-hydrogen) atoms. The van der Waals surface area contributed by atoms with Crippen LogP contribution >= 0.6 is 11.8 Å². The molecule has 1 atom stereocenters. The van der Waals surface area contributed by atoms with Crippen LogP contribution in [0.2, 0.25) is 0 Å². The summed E-state index contributed by atoms with van der Waals surface area (Å²) in [5.74, 6) is -0.179. The van der Waals surface area contributed by atoms with Crippen LogP contribution in [-0.4, -0.2) is 37.7 Å². The van der Waals surface area contributed by atoms with Gasteiger partial charge in [0, 0.05) is 24.9 Å². The maximum absolute atomic E-state index is 12.4. The molecule has 4 N–H and O–H groups in total. The molecule has 9 nitrogen and oxygen atoms in total. The van der Waals surface area contributed by atoms with Gasteiger partial charge in [0.05, 0.1) is 5.25 Å². The van der Waals surface area contributed by atoms with Crippen LogP contribution in [0, 0.1) is 5.92 Å². The van der Waals surface area contributed by atoms with Crippen LogP contribution in [0.5, 0.6) is 0 Å². The highest BCUT2D eigenvalue weighted by Crippen LogP contribution is 2.24. The summed E-state index contributed by atoms with van der Waals surface area (Å²) in [7, 11) is 0. The van der Waals surface area contributed by atoms with E-state index in [9.17, 15) is 14.4 Å². The minimum Gasteiger partial charge on any atom is -0.370 e. The zero-order chi connectivity index (χ0) is 21.4.